The Kier molecular flexibility index (Phi) is 4.70. The minimum Gasteiger partial charge on any atom is -0.375 e. The van der Waals surface area contributed by atoms with E-state index in [1.165, 1.54) is 23.1 Å². The van der Waals surface area contributed by atoms with Gasteiger partial charge in [-0.05, 0) is 35.8 Å². The Balaban J connectivity index is 1.65. The molecule has 0 spiro atoms. The van der Waals surface area contributed by atoms with E-state index in [1.54, 1.807) is 0 Å². The quantitative estimate of drug-likeness (QED) is 0.590. The number of carbonyl (C=O) groups is 1. The van der Waals surface area contributed by atoms with Crippen LogP contribution in [0.25, 0.3) is 16.5 Å². The number of allylic oxidation sites excluding steroid dienone is 3. The van der Waals surface area contributed by atoms with Crippen molar-refractivity contribution in [3.05, 3.63) is 63.5 Å². The largest absolute Gasteiger partial charge is 0.375 e. The van der Waals surface area contributed by atoms with Crippen molar-refractivity contribution in [1.82, 2.24) is 9.97 Å². The number of rotatable bonds is 3. The molecule has 4 rings (SSSR count). The lowest BCUT2D eigenvalue weighted by molar-refractivity contribution is 0.104. The van der Waals surface area contributed by atoms with E-state index < -0.39 is 0 Å². The van der Waals surface area contributed by atoms with Crippen molar-refractivity contribution in [2.75, 3.05) is 5.73 Å². The van der Waals surface area contributed by atoms with Crippen molar-refractivity contribution < 1.29 is 4.79 Å². The fourth-order valence-electron chi connectivity index (χ4n) is 3.18. The van der Waals surface area contributed by atoms with Crippen LogP contribution in [0.15, 0.2) is 52.2 Å². The van der Waals surface area contributed by atoms with Gasteiger partial charge < -0.3 is 10.7 Å². The summed E-state index contributed by atoms with van der Waals surface area (Å²) in [7, 11) is 0. The van der Waals surface area contributed by atoms with Crippen molar-refractivity contribution in [1.29, 1.82) is 0 Å². The molecule has 2 aromatic heterocycles. The predicted molar refractivity (Wildman–Crippen MR) is 111 cm³/mol. The number of nitrogens with zero attached hydrogens (tertiary/aromatic N) is 1. The summed E-state index contributed by atoms with van der Waals surface area (Å²) < 4.78 is 0. The number of thioether (sulfide) groups is 1. The fourth-order valence-corrected chi connectivity index (χ4v) is 4.79. The second-order valence-corrected chi connectivity index (χ2v) is 8.19. The molecule has 0 unspecified atom stereocenters. The molecule has 0 fully saturated rings. The first-order valence-electron chi connectivity index (χ1n) is 8.52. The van der Waals surface area contributed by atoms with Crippen molar-refractivity contribution in [3.63, 3.8) is 0 Å². The highest BCUT2D eigenvalue weighted by molar-refractivity contribution is 8.06. The number of anilines is 1. The lowest BCUT2D eigenvalue weighted by atomic mass is 9.95. The maximum Gasteiger partial charge on any atom is 0.201 e. The molecular formula is C20H19N3OS2. The Hall–Kier alpha value is -2.31. The van der Waals surface area contributed by atoms with E-state index >= 15 is 0 Å². The number of thiazole rings is 1. The summed E-state index contributed by atoms with van der Waals surface area (Å²) in [5.74, 6) is 0.445. The van der Waals surface area contributed by atoms with E-state index in [1.807, 2.05) is 35.8 Å². The molecule has 0 radical (unpaired) electrons. The monoisotopic (exact) mass is 381 g/mol. The van der Waals surface area contributed by atoms with Crippen molar-refractivity contribution in [3.8, 4) is 0 Å². The molecular weight excluding hydrogens is 362 g/mol. The summed E-state index contributed by atoms with van der Waals surface area (Å²) in [5, 5.41) is 5.60. The zero-order chi connectivity index (χ0) is 18.1. The molecule has 1 atom stereocenters. The number of para-hydroxylation sites is 1. The van der Waals surface area contributed by atoms with Gasteiger partial charge in [0.1, 0.15) is 0 Å². The third-order valence-corrected chi connectivity index (χ3v) is 6.30. The fraction of sp³-hybridized carbons (Fsp3) is 0.200. The maximum absolute atomic E-state index is 13.1. The average molecular weight is 382 g/mol. The second-order valence-electron chi connectivity index (χ2n) is 6.39. The number of nitrogens with two attached hydrogens (primary N) is 1. The number of aromatic amines is 1. The van der Waals surface area contributed by atoms with Gasteiger partial charge in [0.05, 0.1) is 10.6 Å². The van der Waals surface area contributed by atoms with E-state index in [4.69, 9.17) is 5.73 Å². The first-order chi connectivity index (χ1) is 12.6. The van der Waals surface area contributed by atoms with Crippen molar-refractivity contribution in [2.24, 2.45) is 5.92 Å². The molecule has 0 bridgehead atoms. The molecule has 26 heavy (non-hydrogen) atoms. The van der Waals surface area contributed by atoms with E-state index in [0.717, 1.165) is 45.5 Å². The number of carbonyl (C=O) groups excluding carboxylic acids is 1. The summed E-state index contributed by atoms with van der Waals surface area (Å²) >= 11 is 2.94. The summed E-state index contributed by atoms with van der Waals surface area (Å²) in [5.41, 5.74) is 9.58. The van der Waals surface area contributed by atoms with Crippen molar-refractivity contribution >= 4 is 50.5 Å². The molecule has 1 aliphatic heterocycles. The number of hydrogen-bond donors (Lipinski definition) is 2. The number of nitrogen functional groups attached to an aromatic ring is 1. The topological polar surface area (TPSA) is 71.8 Å². The van der Waals surface area contributed by atoms with Crippen LogP contribution in [-0.4, -0.2) is 15.8 Å². The van der Waals surface area contributed by atoms with Crippen LogP contribution in [0, 0.1) is 5.92 Å². The Labute approximate surface area is 160 Å². The minimum atomic E-state index is 0.0652. The van der Waals surface area contributed by atoms with Crippen LogP contribution >= 0.6 is 23.1 Å². The summed E-state index contributed by atoms with van der Waals surface area (Å²) in [6.07, 6.45) is 5.72. The van der Waals surface area contributed by atoms with Gasteiger partial charge in [0.25, 0.3) is 0 Å². The summed E-state index contributed by atoms with van der Waals surface area (Å²) in [4.78, 5) is 21.5. The molecule has 3 heterocycles. The first-order valence-corrected chi connectivity index (χ1v) is 10.3. The minimum absolute atomic E-state index is 0.0652. The Morgan fingerprint density at radius 1 is 1.35 bits per heavy atom. The van der Waals surface area contributed by atoms with Crippen LogP contribution in [0.4, 0.5) is 5.13 Å². The molecule has 3 aromatic rings. The van der Waals surface area contributed by atoms with Crippen molar-refractivity contribution in [2.45, 2.75) is 19.8 Å². The average Bonchev–Trinajstić information content (AvgIpc) is 3.24. The Morgan fingerprint density at radius 3 is 3.00 bits per heavy atom. The van der Waals surface area contributed by atoms with Gasteiger partial charge in [0.2, 0.25) is 5.78 Å². The highest BCUT2D eigenvalue weighted by atomic mass is 32.2. The number of aromatic nitrogens is 2. The highest BCUT2D eigenvalue weighted by Crippen LogP contribution is 2.36. The van der Waals surface area contributed by atoms with Crippen LogP contribution < -0.4 is 5.73 Å². The lowest BCUT2D eigenvalue weighted by Crippen LogP contribution is -2.04. The molecule has 0 saturated heterocycles. The zero-order valence-electron chi connectivity index (χ0n) is 14.4. The number of H-pyrrole nitrogens is 1. The molecule has 6 heteroatoms. The normalized spacial score (nSPS) is 20.1. The summed E-state index contributed by atoms with van der Waals surface area (Å²) in [6, 6.07) is 7.89. The molecule has 4 nitrogen and oxygen atoms in total. The lowest BCUT2D eigenvalue weighted by Gasteiger charge is -2.17. The van der Waals surface area contributed by atoms with E-state index in [0.29, 0.717) is 11.0 Å². The summed E-state index contributed by atoms with van der Waals surface area (Å²) in [6.45, 7) is 2.20. The molecule has 132 valence electrons. The number of Topliss-reactive ketones (excluding diaryl/α,β-unsaturated/α-hetero) is 1. The van der Waals surface area contributed by atoms with Crippen LogP contribution in [0.2, 0.25) is 0 Å². The predicted octanol–water partition coefficient (Wildman–Crippen LogP) is 5.48. The van der Waals surface area contributed by atoms with Gasteiger partial charge in [-0.25, -0.2) is 4.98 Å². The Bertz CT molecular complexity index is 1030. The van der Waals surface area contributed by atoms with Crippen LogP contribution in [0.3, 0.4) is 0 Å². The SMILES string of the molecule is C[C@@H]1CC/C=C(\C(=O)c2c[nH]c3ccccc23)SC=C1c1csc(N)n1. The molecule has 0 aliphatic carbocycles. The van der Waals surface area contributed by atoms with Crippen LogP contribution in [0.1, 0.15) is 35.8 Å². The second kappa shape index (κ2) is 7.13. The smallest absolute Gasteiger partial charge is 0.201 e. The maximum atomic E-state index is 13.1. The van der Waals surface area contributed by atoms with Gasteiger partial charge in [0.15, 0.2) is 5.13 Å². The number of ketones is 1. The first kappa shape index (κ1) is 17.1. The standard InChI is InChI=1S/C20H19N3OS2/c1-12-5-4-8-18(25-10-15(12)17-11-26-20(21)23-17)19(24)14-9-22-16-7-3-2-6-13(14)16/h2-3,6-12,22H,4-5H2,1H3,(H2,21,23)/b15-10?,18-8+/t12-/m1/s1. The van der Waals surface area contributed by atoms with Gasteiger partial charge in [0, 0.05) is 28.0 Å². The van der Waals surface area contributed by atoms with Gasteiger partial charge in [-0.3, -0.25) is 4.79 Å². The van der Waals surface area contributed by atoms with E-state index in [9.17, 15) is 4.79 Å². The molecule has 1 aromatic carbocycles. The highest BCUT2D eigenvalue weighted by Gasteiger charge is 2.20. The molecule has 0 amide bonds. The number of nitrogens with one attached hydrogen (secondary N) is 1. The van der Waals surface area contributed by atoms with E-state index in [2.05, 4.69) is 28.4 Å². The van der Waals surface area contributed by atoms with Crippen LogP contribution in [-0.2, 0) is 0 Å². The molecule has 3 N–H and O–H groups in total. The van der Waals surface area contributed by atoms with E-state index in [-0.39, 0.29) is 5.78 Å². The van der Waals surface area contributed by atoms with Gasteiger partial charge in [-0.1, -0.05) is 43.0 Å². The number of hydrogen-bond acceptors (Lipinski definition) is 5. The number of benzene rings is 1. The zero-order valence-corrected chi connectivity index (χ0v) is 16.0. The Morgan fingerprint density at radius 2 is 2.19 bits per heavy atom. The third kappa shape index (κ3) is 3.22. The van der Waals surface area contributed by atoms with Gasteiger partial charge in [-0.2, -0.15) is 0 Å². The van der Waals surface area contributed by atoms with Gasteiger partial charge >= 0.3 is 0 Å². The van der Waals surface area contributed by atoms with Gasteiger partial charge in [-0.15, -0.1) is 11.3 Å². The number of fused-ring (bicyclic) bond motifs is 1. The molecule has 1 aliphatic rings. The van der Waals surface area contributed by atoms with Crippen LogP contribution in [0.5, 0.6) is 0 Å². The third-order valence-electron chi connectivity index (χ3n) is 4.65. The molecule has 0 saturated carbocycles.